The molecule has 0 bridgehead atoms. The van der Waals surface area contributed by atoms with Crippen LogP contribution < -0.4 is 4.90 Å². The lowest BCUT2D eigenvalue weighted by molar-refractivity contribution is 1.28. The van der Waals surface area contributed by atoms with Gasteiger partial charge in [-0.15, -0.1) is 0 Å². The van der Waals surface area contributed by atoms with Gasteiger partial charge in [-0.2, -0.15) is 0 Å². The maximum absolute atomic E-state index is 2.48. The fraction of sp³-hybridized carbons (Fsp3) is 0. The van der Waals surface area contributed by atoms with Gasteiger partial charge in [0.15, 0.2) is 0 Å². The fourth-order valence-electron chi connectivity index (χ4n) is 8.56. The smallest absolute Gasteiger partial charge is 0.0540 e. The predicted molar refractivity (Wildman–Crippen MR) is 259 cm³/mol. The Labute approximate surface area is 359 Å². The molecule has 0 aliphatic rings. The van der Waals surface area contributed by atoms with E-state index in [1.165, 1.54) is 50.1 Å². The molecule has 0 saturated carbocycles. The summed E-state index contributed by atoms with van der Waals surface area (Å²) in [6.45, 7) is 0. The third-order valence-corrected chi connectivity index (χ3v) is 11.5. The molecule has 0 saturated heterocycles. The van der Waals surface area contributed by atoms with E-state index in [-0.39, 0.29) is 0 Å². The van der Waals surface area contributed by atoms with Crippen LogP contribution in [-0.2, 0) is 0 Å². The SMILES string of the molecule is c1ccc(-c2ccc(-c3ccccc3N(c3cc(-c4ccccc4)cc(-c4ccccc4)c3)c3ccccc3-c3ccccc3-c3ccccc3-c3ccccc3)cc2)cc1. The van der Waals surface area contributed by atoms with Crippen LogP contribution in [0.1, 0.15) is 0 Å². The van der Waals surface area contributed by atoms with Gasteiger partial charge in [0.1, 0.15) is 0 Å². The first-order valence-corrected chi connectivity index (χ1v) is 20.9. The first-order chi connectivity index (χ1) is 30.3. The summed E-state index contributed by atoms with van der Waals surface area (Å²) >= 11 is 0. The molecule has 10 aromatic rings. The van der Waals surface area contributed by atoms with Gasteiger partial charge in [0.25, 0.3) is 0 Å². The number of hydrogen-bond donors (Lipinski definition) is 0. The molecule has 0 spiro atoms. The van der Waals surface area contributed by atoms with Crippen LogP contribution in [0.15, 0.2) is 261 Å². The zero-order valence-corrected chi connectivity index (χ0v) is 33.8. The van der Waals surface area contributed by atoms with Gasteiger partial charge in [0, 0.05) is 16.8 Å². The van der Waals surface area contributed by atoms with Crippen LogP contribution in [0, 0.1) is 0 Å². The summed E-state index contributed by atoms with van der Waals surface area (Å²) in [6.07, 6.45) is 0. The molecule has 1 nitrogen and oxygen atoms in total. The molecule has 0 N–H and O–H groups in total. The monoisotopic (exact) mass is 777 g/mol. The number of nitrogens with zero attached hydrogens (tertiary/aromatic N) is 1. The molecular formula is C60H43N. The lowest BCUT2D eigenvalue weighted by atomic mass is 9.88. The molecule has 288 valence electrons. The average molecular weight is 778 g/mol. The van der Waals surface area contributed by atoms with Gasteiger partial charge < -0.3 is 4.90 Å². The van der Waals surface area contributed by atoms with Crippen molar-refractivity contribution in [2.75, 3.05) is 4.90 Å². The van der Waals surface area contributed by atoms with Crippen molar-refractivity contribution in [1.82, 2.24) is 0 Å². The minimum Gasteiger partial charge on any atom is -0.309 e. The molecule has 0 radical (unpaired) electrons. The minimum atomic E-state index is 1.07. The van der Waals surface area contributed by atoms with Crippen LogP contribution >= 0.6 is 0 Å². The zero-order valence-electron chi connectivity index (χ0n) is 33.8. The first kappa shape index (κ1) is 37.3. The molecular weight excluding hydrogens is 735 g/mol. The molecule has 1 heteroatoms. The second kappa shape index (κ2) is 17.1. The van der Waals surface area contributed by atoms with Crippen molar-refractivity contribution in [3.8, 4) is 77.9 Å². The van der Waals surface area contributed by atoms with Crippen molar-refractivity contribution < 1.29 is 0 Å². The minimum absolute atomic E-state index is 1.07. The summed E-state index contributed by atoms with van der Waals surface area (Å²) in [7, 11) is 0. The summed E-state index contributed by atoms with van der Waals surface area (Å²) in [6, 6.07) is 94.2. The number of benzene rings is 10. The predicted octanol–water partition coefficient (Wildman–Crippen LogP) is 16.8. The quantitative estimate of drug-likeness (QED) is 0.134. The van der Waals surface area contributed by atoms with Gasteiger partial charge in [-0.1, -0.05) is 231 Å². The van der Waals surface area contributed by atoms with Crippen LogP contribution in [0.4, 0.5) is 17.1 Å². The van der Waals surface area contributed by atoms with E-state index in [1.807, 2.05) is 0 Å². The van der Waals surface area contributed by atoms with Crippen molar-refractivity contribution >= 4 is 17.1 Å². The Kier molecular flexibility index (Phi) is 10.4. The maximum atomic E-state index is 2.48. The highest BCUT2D eigenvalue weighted by molar-refractivity contribution is 5.99. The van der Waals surface area contributed by atoms with Crippen molar-refractivity contribution in [1.29, 1.82) is 0 Å². The van der Waals surface area contributed by atoms with Crippen LogP contribution in [0.3, 0.4) is 0 Å². The highest BCUT2D eigenvalue weighted by Gasteiger charge is 2.23. The highest BCUT2D eigenvalue weighted by atomic mass is 15.1. The first-order valence-electron chi connectivity index (χ1n) is 20.9. The molecule has 0 aliphatic heterocycles. The van der Waals surface area contributed by atoms with Crippen molar-refractivity contribution in [3.63, 3.8) is 0 Å². The highest BCUT2D eigenvalue weighted by Crippen LogP contribution is 2.48. The number of rotatable bonds is 10. The van der Waals surface area contributed by atoms with E-state index >= 15 is 0 Å². The molecule has 0 amide bonds. The number of hydrogen-bond acceptors (Lipinski definition) is 1. The van der Waals surface area contributed by atoms with Gasteiger partial charge in [0.2, 0.25) is 0 Å². The summed E-state index contributed by atoms with van der Waals surface area (Å²) < 4.78 is 0. The van der Waals surface area contributed by atoms with E-state index < -0.39 is 0 Å². The normalized spacial score (nSPS) is 11.0. The largest absolute Gasteiger partial charge is 0.309 e. The summed E-state index contributed by atoms with van der Waals surface area (Å²) in [5.74, 6) is 0. The average Bonchev–Trinajstić information content (AvgIpc) is 3.35. The third kappa shape index (κ3) is 7.69. The maximum Gasteiger partial charge on any atom is 0.0540 e. The van der Waals surface area contributed by atoms with E-state index in [0.717, 1.165) is 44.9 Å². The molecule has 61 heavy (non-hydrogen) atoms. The molecule has 0 heterocycles. The number of para-hydroxylation sites is 2. The van der Waals surface area contributed by atoms with Gasteiger partial charge in [-0.05, 0) is 97.1 Å². The van der Waals surface area contributed by atoms with Gasteiger partial charge in [0.05, 0.1) is 11.4 Å². The van der Waals surface area contributed by atoms with Gasteiger partial charge in [-0.25, -0.2) is 0 Å². The molecule has 0 atom stereocenters. The Balaban J connectivity index is 1.22. The summed E-state index contributed by atoms with van der Waals surface area (Å²) in [4.78, 5) is 2.48. The van der Waals surface area contributed by atoms with E-state index in [9.17, 15) is 0 Å². The van der Waals surface area contributed by atoms with E-state index in [1.54, 1.807) is 0 Å². The molecule has 0 aliphatic carbocycles. The van der Waals surface area contributed by atoms with Crippen LogP contribution in [0.5, 0.6) is 0 Å². The molecule has 0 fully saturated rings. The third-order valence-electron chi connectivity index (χ3n) is 11.5. The lowest BCUT2D eigenvalue weighted by Crippen LogP contribution is -2.13. The van der Waals surface area contributed by atoms with Crippen molar-refractivity contribution in [3.05, 3.63) is 261 Å². The zero-order chi connectivity index (χ0) is 40.8. The topological polar surface area (TPSA) is 3.24 Å². The van der Waals surface area contributed by atoms with Crippen molar-refractivity contribution in [2.45, 2.75) is 0 Å². The summed E-state index contributed by atoms with van der Waals surface area (Å²) in [5, 5.41) is 0. The van der Waals surface area contributed by atoms with Gasteiger partial charge in [-0.3, -0.25) is 0 Å². The Morgan fingerprint density at radius 3 is 0.984 bits per heavy atom. The summed E-state index contributed by atoms with van der Waals surface area (Å²) in [5.41, 5.74) is 19.7. The Bertz CT molecular complexity index is 2990. The van der Waals surface area contributed by atoms with Crippen molar-refractivity contribution in [2.24, 2.45) is 0 Å². The second-order valence-corrected chi connectivity index (χ2v) is 15.3. The second-order valence-electron chi connectivity index (χ2n) is 15.3. The van der Waals surface area contributed by atoms with Crippen LogP contribution in [-0.4, -0.2) is 0 Å². The van der Waals surface area contributed by atoms with Gasteiger partial charge >= 0.3 is 0 Å². The Morgan fingerprint density at radius 2 is 0.475 bits per heavy atom. The number of anilines is 3. The van der Waals surface area contributed by atoms with E-state index in [0.29, 0.717) is 0 Å². The van der Waals surface area contributed by atoms with E-state index in [2.05, 4.69) is 266 Å². The molecule has 10 rings (SSSR count). The lowest BCUT2D eigenvalue weighted by Gasteiger charge is -2.31. The van der Waals surface area contributed by atoms with Crippen LogP contribution in [0.2, 0.25) is 0 Å². The molecule has 0 aromatic heterocycles. The fourth-order valence-corrected chi connectivity index (χ4v) is 8.56. The molecule has 0 unspecified atom stereocenters. The standard InChI is InChI=1S/C60H43N/c1-5-21-44(22-6-1)47-37-39-49(40-38-47)54-30-17-19-35-59(54)61(52-42-50(45-23-7-2-8-24-45)41-51(43-52)46-25-9-3-10-26-46)60-36-20-18-34-58(60)57-33-16-15-32-56(57)55-31-14-13-29-53(55)48-27-11-4-12-28-48/h1-43H. The Morgan fingerprint density at radius 1 is 0.180 bits per heavy atom. The Hall–Kier alpha value is -8.00. The van der Waals surface area contributed by atoms with E-state index in [4.69, 9.17) is 0 Å². The molecule has 10 aromatic carbocycles. The van der Waals surface area contributed by atoms with Crippen LogP contribution in [0.25, 0.3) is 77.9 Å².